The first-order chi connectivity index (χ1) is 15.7. The van der Waals surface area contributed by atoms with E-state index in [1.807, 2.05) is 6.07 Å². The monoisotopic (exact) mass is 473 g/mol. The molecule has 2 aromatic heterocycles. The number of imide groups is 1. The van der Waals surface area contributed by atoms with Gasteiger partial charge in [0.05, 0.1) is 18.9 Å². The summed E-state index contributed by atoms with van der Waals surface area (Å²) in [4.78, 5) is 28.3. The third-order valence-electron chi connectivity index (χ3n) is 6.11. The highest BCUT2D eigenvalue weighted by Gasteiger charge is 2.27. The lowest BCUT2D eigenvalue weighted by Crippen LogP contribution is -2.39. The van der Waals surface area contributed by atoms with Gasteiger partial charge in [0.1, 0.15) is 11.6 Å². The SMILES string of the molecule is CS(=O)(=O)NC1CCC(Nc2cc(NC3CC3)n3ncc(/C=C4\CC(=O)NC4=O)c3n2)CC1. The summed E-state index contributed by atoms with van der Waals surface area (Å²) in [6.45, 7) is 0. The van der Waals surface area contributed by atoms with Gasteiger partial charge in [0.25, 0.3) is 5.91 Å². The average molecular weight is 474 g/mol. The van der Waals surface area contributed by atoms with Gasteiger partial charge in [-0.1, -0.05) is 0 Å². The smallest absolute Gasteiger partial charge is 0.254 e. The first kappa shape index (κ1) is 21.8. The molecule has 11 nitrogen and oxygen atoms in total. The van der Waals surface area contributed by atoms with Crippen LogP contribution in [0.15, 0.2) is 17.8 Å². The number of rotatable bonds is 7. The molecule has 12 heteroatoms. The summed E-state index contributed by atoms with van der Waals surface area (Å²) in [5.74, 6) is 0.811. The lowest BCUT2D eigenvalue weighted by Gasteiger charge is -2.29. The lowest BCUT2D eigenvalue weighted by atomic mass is 9.92. The average Bonchev–Trinajstić information content (AvgIpc) is 3.37. The van der Waals surface area contributed by atoms with Crippen LogP contribution in [-0.4, -0.2) is 59.2 Å². The molecule has 0 bridgehead atoms. The molecular formula is C21H27N7O4S. The van der Waals surface area contributed by atoms with Gasteiger partial charge in [-0.05, 0) is 44.6 Å². The third kappa shape index (κ3) is 5.17. The molecule has 4 N–H and O–H groups in total. The summed E-state index contributed by atoms with van der Waals surface area (Å²) >= 11 is 0. The van der Waals surface area contributed by atoms with Gasteiger partial charge in [0, 0.05) is 35.3 Å². The number of aromatic nitrogens is 3. The summed E-state index contributed by atoms with van der Waals surface area (Å²) in [6.07, 6.45) is 9.92. The van der Waals surface area contributed by atoms with Crippen LogP contribution in [0.5, 0.6) is 0 Å². The Hall–Kier alpha value is -2.99. The molecule has 2 aromatic rings. The normalized spacial score (nSPS) is 24.9. The summed E-state index contributed by atoms with van der Waals surface area (Å²) in [6, 6.07) is 2.48. The zero-order valence-corrected chi connectivity index (χ0v) is 19.1. The van der Waals surface area contributed by atoms with E-state index in [1.54, 1.807) is 16.8 Å². The van der Waals surface area contributed by atoms with Gasteiger partial charge < -0.3 is 10.6 Å². The Morgan fingerprint density at radius 3 is 2.36 bits per heavy atom. The van der Waals surface area contributed by atoms with Gasteiger partial charge in [-0.25, -0.2) is 18.1 Å². The Bertz CT molecular complexity index is 1240. The van der Waals surface area contributed by atoms with Crippen LogP contribution >= 0.6 is 0 Å². The molecule has 1 aliphatic heterocycles. The van der Waals surface area contributed by atoms with E-state index in [2.05, 4.69) is 25.8 Å². The Labute approximate surface area is 191 Å². The second-order valence-electron chi connectivity index (χ2n) is 9.09. The van der Waals surface area contributed by atoms with Crippen LogP contribution in [0, 0.1) is 0 Å². The minimum absolute atomic E-state index is 0.0334. The van der Waals surface area contributed by atoms with Crippen LogP contribution in [0.2, 0.25) is 0 Å². The molecule has 1 saturated heterocycles. The van der Waals surface area contributed by atoms with E-state index in [0.717, 1.165) is 44.3 Å². The van der Waals surface area contributed by atoms with Crippen LogP contribution < -0.4 is 20.7 Å². The van der Waals surface area contributed by atoms with Gasteiger partial charge in [-0.3, -0.25) is 14.9 Å². The highest BCUT2D eigenvalue weighted by Crippen LogP contribution is 2.29. The maximum Gasteiger partial charge on any atom is 0.254 e. The molecule has 0 unspecified atom stereocenters. The van der Waals surface area contributed by atoms with Crippen molar-refractivity contribution in [3.8, 4) is 0 Å². The second-order valence-corrected chi connectivity index (χ2v) is 10.9. The number of hydrogen-bond donors (Lipinski definition) is 4. The van der Waals surface area contributed by atoms with Crippen molar-refractivity contribution < 1.29 is 18.0 Å². The fourth-order valence-corrected chi connectivity index (χ4v) is 5.21. The number of nitrogens with one attached hydrogen (secondary N) is 4. The van der Waals surface area contributed by atoms with Crippen LogP contribution in [0.25, 0.3) is 11.7 Å². The van der Waals surface area contributed by atoms with Gasteiger partial charge in [-0.15, -0.1) is 0 Å². The van der Waals surface area contributed by atoms with Gasteiger partial charge >= 0.3 is 0 Å². The van der Waals surface area contributed by atoms with Gasteiger partial charge in [0.15, 0.2) is 5.65 Å². The molecule has 176 valence electrons. The number of sulfonamides is 1. The van der Waals surface area contributed by atoms with Crippen LogP contribution in [0.4, 0.5) is 11.6 Å². The Morgan fingerprint density at radius 2 is 1.73 bits per heavy atom. The van der Waals surface area contributed by atoms with Crippen molar-refractivity contribution in [1.29, 1.82) is 0 Å². The van der Waals surface area contributed by atoms with E-state index in [1.165, 1.54) is 6.26 Å². The molecule has 0 spiro atoms. The molecule has 3 fully saturated rings. The van der Waals surface area contributed by atoms with Crippen LogP contribution in [-0.2, 0) is 19.6 Å². The minimum Gasteiger partial charge on any atom is -0.367 e. The van der Waals surface area contributed by atoms with Crippen molar-refractivity contribution in [3.63, 3.8) is 0 Å². The number of anilines is 2. The molecule has 3 heterocycles. The standard InChI is InChI=1S/C21H27N7O4S/c1-33(31,32)27-16-6-4-14(5-7-16)23-17-10-18(24-15-2-3-15)28-20(25-17)13(11-22-28)8-12-9-19(29)26-21(12)30/h8,10-11,14-16,24,27H,2-7,9H2,1H3,(H,23,25)(H,26,29,30)/b12-8+. The van der Waals surface area contributed by atoms with Gasteiger partial charge in [0.2, 0.25) is 15.9 Å². The molecule has 0 aromatic carbocycles. The van der Waals surface area contributed by atoms with E-state index in [0.29, 0.717) is 28.6 Å². The van der Waals surface area contributed by atoms with E-state index >= 15 is 0 Å². The molecule has 5 rings (SSSR count). The van der Waals surface area contributed by atoms with Crippen molar-refractivity contribution in [3.05, 3.63) is 23.4 Å². The number of fused-ring (bicyclic) bond motifs is 1. The van der Waals surface area contributed by atoms with Crippen molar-refractivity contribution in [1.82, 2.24) is 24.6 Å². The number of hydrogen-bond acceptors (Lipinski definition) is 8. The van der Waals surface area contributed by atoms with E-state index < -0.39 is 10.0 Å². The Balaban J connectivity index is 1.39. The van der Waals surface area contributed by atoms with Crippen molar-refractivity contribution >= 4 is 45.2 Å². The molecule has 0 radical (unpaired) electrons. The van der Waals surface area contributed by atoms with Crippen LogP contribution in [0.3, 0.4) is 0 Å². The van der Waals surface area contributed by atoms with Crippen molar-refractivity contribution in [2.75, 3.05) is 16.9 Å². The quantitative estimate of drug-likeness (QED) is 0.344. The maximum absolute atomic E-state index is 12.0. The molecule has 0 atom stereocenters. The first-order valence-corrected chi connectivity index (χ1v) is 13.1. The van der Waals surface area contributed by atoms with Crippen molar-refractivity contribution in [2.24, 2.45) is 0 Å². The number of amides is 2. The third-order valence-corrected chi connectivity index (χ3v) is 6.88. The number of carbonyl (C=O) groups is 2. The fourth-order valence-electron chi connectivity index (χ4n) is 4.37. The maximum atomic E-state index is 12.0. The number of nitrogens with zero attached hydrogens (tertiary/aromatic N) is 3. The summed E-state index contributed by atoms with van der Waals surface area (Å²) in [7, 11) is -3.21. The molecule has 2 saturated carbocycles. The fraction of sp³-hybridized carbons (Fsp3) is 0.524. The van der Waals surface area contributed by atoms with Crippen molar-refractivity contribution in [2.45, 2.75) is 63.1 Å². The summed E-state index contributed by atoms with van der Waals surface area (Å²) < 4.78 is 27.4. The first-order valence-electron chi connectivity index (χ1n) is 11.2. The summed E-state index contributed by atoms with van der Waals surface area (Å²) in [5, 5.41) is 13.7. The minimum atomic E-state index is -3.21. The highest BCUT2D eigenvalue weighted by atomic mass is 32.2. The zero-order chi connectivity index (χ0) is 23.2. The molecule has 33 heavy (non-hydrogen) atoms. The number of carbonyl (C=O) groups excluding carboxylic acids is 2. The van der Waals surface area contributed by atoms with Crippen LogP contribution in [0.1, 0.15) is 50.5 Å². The molecule has 3 aliphatic rings. The lowest BCUT2D eigenvalue weighted by molar-refractivity contribution is -0.124. The van der Waals surface area contributed by atoms with E-state index in [4.69, 9.17) is 4.98 Å². The Morgan fingerprint density at radius 1 is 1.06 bits per heavy atom. The largest absolute Gasteiger partial charge is 0.367 e. The second kappa shape index (κ2) is 8.41. The molecular weight excluding hydrogens is 446 g/mol. The van der Waals surface area contributed by atoms with Gasteiger partial charge in [-0.2, -0.15) is 9.61 Å². The topological polar surface area (TPSA) is 147 Å². The predicted octanol–water partition coefficient (Wildman–Crippen LogP) is 1.01. The summed E-state index contributed by atoms with van der Waals surface area (Å²) in [5.41, 5.74) is 1.65. The Kier molecular flexibility index (Phi) is 5.57. The van der Waals surface area contributed by atoms with E-state index in [9.17, 15) is 18.0 Å². The predicted molar refractivity (Wildman–Crippen MR) is 123 cm³/mol. The highest BCUT2D eigenvalue weighted by molar-refractivity contribution is 7.88. The molecule has 2 aliphatic carbocycles. The zero-order valence-electron chi connectivity index (χ0n) is 18.3. The van der Waals surface area contributed by atoms with E-state index in [-0.39, 0.29) is 30.3 Å². The molecule has 2 amide bonds.